The third kappa shape index (κ3) is 2.93. The van der Waals surface area contributed by atoms with Crippen molar-refractivity contribution in [2.24, 2.45) is 11.1 Å². The molecule has 0 bridgehead atoms. The van der Waals surface area contributed by atoms with Crippen molar-refractivity contribution in [2.45, 2.75) is 39.7 Å². The molecular weight excluding hydrogens is 234 g/mol. The zero-order chi connectivity index (χ0) is 12.6. The van der Waals surface area contributed by atoms with Crippen LogP contribution in [0.1, 0.15) is 44.4 Å². The van der Waals surface area contributed by atoms with Crippen molar-refractivity contribution >= 4 is 11.6 Å². The maximum Gasteiger partial charge on any atom is 0.127 e. The van der Waals surface area contributed by atoms with Gasteiger partial charge in [0.2, 0.25) is 0 Å². The summed E-state index contributed by atoms with van der Waals surface area (Å²) >= 11 is 6.13. The van der Waals surface area contributed by atoms with Crippen molar-refractivity contribution in [1.82, 2.24) is 0 Å². The first kappa shape index (κ1) is 12.7. The van der Waals surface area contributed by atoms with E-state index in [4.69, 9.17) is 22.1 Å². The smallest absolute Gasteiger partial charge is 0.127 e. The lowest BCUT2D eigenvalue weighted by molar-refractivity contribution is 0.325. The highest BCUT2D eigenvalue weighted by molar-refractivity contribution is 6.30. The molecule has 1 heterocycles. The van der Waals surface area contributed by atoms with Crippen LogP contribution in [0.2, 0.25) is 5.02 Å². The van der Waals surface area contributed by atoms with Crippen LogP contribution in [-0.2, 0) is 6.42 Å². The van der Waals surface area contributed by atoms with Crippen LogP contribution in [0.3, 0.4) is 0 Å². The van der Waals surface area contributed by atoms with Crippen LogP contribution in [0.5, 0.6) is 5.75 Å². The van der Waals surface area contributed by atoms with Crippen molar-refractivity contribution < 1.29 is 4.74 Å². The first-order chi connectivity index (χ1) is 7.87. The van der Waals surface area contributed by atoms with Gasteiger partial charge in [-0.05, 0) is 29.5 Å². The van der Waals surface area contributed by atoms with Gasteiger partial charge in [0.25, 0.3) is 0 Å². The summed E-state index contributed by atoms with van der Waals surface area (Å²) in [5.74, 6) is 0.964. The van der Waals surface area contributed by atoms with Gasteiger partial charge in [-0.1, -0.05) is 32.4 Å². The van der Waals surface area contributed by atoms with E-state index in [0.29, 0.717) is 0 Å². The van der Waals surface area contributed by atoms with Gasteiger partial charge in [-0.3, -0.25) is 0 Å². The highest BCUT2D eigenvalue weighted by atomic mass is 35.5. The Morgan fingerprint density at radius 3 is 2.76 bits per heavy atom. The van der Waals surface area contributed by atoms with Gasteiger partial charge in [0.05, 0.1) is 6.61 Å². The Hall–Kier alpha value is -0.730. The number of benzene rings is 1. The summed E-state index contributed by atoms with van der Waals surface area (Å²) in [7, 11) is 0. The Labute approximate surface area is 108 Å². The Morgan fingerprint density at radius 2 is 2.12 bits per heavy atom. The van der Waals surface area contributed by atoms with Gasteiger partial charge in [0.15, 0.2) is 0 Å². The Balaban J connectivity index is 2.32. The van der Waals surface area contributed by atoms with E-state index < -0.39 is 0 Å². The number of fused-ring (bicyclic) bond motifs is 1. The van der Waals surface area contributed by atoms with E-state index in [2.05, 4.69) is 20.8 Å². The molecule has 0 spiro atoms. The molecule has 0 saturated heterocycles. The minimum Gasteiger partial charge on any atom is -0.493 e. The minimum atomic E-state index is -0.0134. The topological polar surface area (TPSA) is 35.2 Å². The fraction of sp³-hybridized carbons (Fsp3) is 0.571. The van der Waals surface area contributed by atoms with Crippen molar-refractivity contribution in [2.75, 3.05) is 6.61 Å². The second-order valence-corrected chi connectivity index (χ2v) is 6.39. The number of halogens is 1. The molecule has 0 saturated carbocycles. The lowest BCUT2D eigenvalue weighted by Crippen LogP contribution is -2.19. The lowest BCUT2D eigenvalue weighted by Gasteiger charge is -2.24. The summed E-state index contributed by atoms with van der Waals surface area (Å²) in [5, 5.41) is 0.758. The van der Waals surface area contributed by atoms with Crippen LogP contribution in [-0.4, -0.2) is 6.61 Å². The summed E-state index contributed by atoms with van der Waals surface area (Å²) < 4.78 is 5.68. The maximum atomic E-state index is 6.28. The largest absolute Gasteiger partial charge is 0.493 e. The molecule has 1 atom stereocenters. The molecule has 1 unspecified atom stereocenters. The number of ether oxygens (including phenoxy) is 1. The maximum absolute atomic E-state index is 6.28. The van der Waals surface area contributed by atoms with E-state index in [-0.39, 0.29) is 11.5 Å². The minimum absolute atomic E-state index is 0.0134. The third-order valence-electron chi connectivity index (χ3n) is 3.01. The third-order valence-corrected chi connectivity index (χ3v) is 3.23. The van der Waals surface area contributed by atoms with Crippen LogP contribution >= 0.6 is 11.6 Å². The van der Waals surface area contributed by atoms with Gasteiger partial charge < -0.3 is 10.5 Å². The van der Waals surface area contributed by atoms with Crippen molar-refractivity contribution in [3.8, 4) is 5.75 Å². The summed E-state index contributed by atoms with van der Waals surface area (Å²) in [6.07, 6.45) is 1.86. The van der Waals surface area contributed by atoms with Crippen LogP contribution < -0.4 is 10.5 Å². The standard InChI is InChI=1S/C14H20ClNO/c1-14(2,3)8-12(16)11-7-10(15)6-9-4-5-17-13(9)11/h6-7,12H,4-5,8,16H2,1-3H3. The molecule has 2 N–H and O–H groups in total. The van der Waals surface area contributed by atoms with Crippen LogP contribution in [0.25, 0.3) is 0 Å². The summed E-state index contributed by atoms with van der Waals surface area (Å²) in [6.45, 7) is 7.32. The first-order valence-electron chi connectivity index (χ1n) is 6.07. The van der Waals surface area contributed by atoms with Gasteiger partial charge in [0.1, 0.15) is 5.75 Å². The monoisotopic (exact) mass is 253 g/mol. The fourth-order valence-electron chi connectivity index (χ4n) is 2.34. The molecular formula is C14H20ClNO. The molecule has 0 radical (unpaired) electrons. The molecule has 1 aliphatic rings. The van der Waals surface area contributed by atoms with Gasteiger partial charge in [-0.15, -0.1) is 0 Å². The summed E-state index contributed by atoms with van der Waals surface area (Å²) in [5.41, 5.74) is 8.73. The molecule has 2 nitrogen and oxygen atoms in total. The molecule has 1 aromatic carbocycles. The molecule has 2 rings (SSSR count). The fourth-order valence-corrected chi connectivity index (χ4v) is 2.59. The highest BCUT2D eigenvalue weighted by Gasteiger charge is 2.24. The van der Waals surface area contributed by atoms with E-state index in [0.717, 1.165) is 35.8 Å². The van der Waals surface area contributed by atoms with Gasteiger partial charge in [-0.2, -0.15) is 0 Å². The normalized spacial score (nSPS) is 16.5. The zero-order valence-corrected chi connectivity index (χ0v) is 11.5. The highest BCUT2D eigenvalue weighted by Crippen LogP contribution is 2.39. The van der Waals surface area contributed by atoms with Crippen LogP contribution in [0, 0.1) is 5.41 Å². The second-order valence-electron chi connectivity index (χ2n) is 5.95. The molecule has 1 aliphatic heterocycles. The van der Waals surface area contributed by atoms with E-state index in [9.17, 15) is 0 Å². The van der Waals surface area contributed by atoms with Gasteiger partial charge >= 0.3 is 0 Å². The molecule has 0 aromatic heterocycles. The molecule has 1 aromatic rings. The quantitative estimate of drug-likeness (QED) is 0.872. The molecule has 94 valence electrons. The molecule has 0 fully saturated rings. The average molecular weight is 254 g/mol. The summed E-state index contributed by atoms with van der Waals surface area (Å²) in [6, 6.07) is 3.92. The van der Waals surface area contributed by atoms with E-state index in [1.807, 2.05) is 12.1 Å². The van der Waals surface area contributed by atoms with Crippen LogP contribution in [0.15, 0.2) is 12.1 Å². The Bertz CT molecular complexity index is 423. The van der Waals surface area contributed by atoms with Gasteiger partial charge in [-0.25, -0.2) is 0 Å². The Morgan fingerprint density at radius 1 is 1.41 bits per heavy atom. The zero-order valence-electron chi connectivity index (χ0n) is 10.7. The SMILES string of the molecule is CC(C)(C)CC(N)c1cc(Cl)cc2c1OCC2. The number of nitrogens with two attached hydrogens (primary N) is 1. The van der Waals surface area contributed by atoms with Crippen molar-refractivity contribution in [1.29, 1.82) is 0 Å². The number of rotatable bonds is 2. The van der Waals surface area contributed by atoms with Gasteiger partial charge in [0, 0.05) is 23.0 Å². The summed E-state index contributed by atoms with van der Waals surface area (Å²) in [4.78, 5) is 0. The average Bonchev–Trinajstić information content (AvgIpc) is 2.60. The Kier molecular flexibility index (Phi) is 3.37. The molecule has 0 aliphatic carbocycles. The van der Waals surface area contributed by atoms with E-state index in [1.165, 1.54) is 5.56 Å². The molecule has 0 amide bonds. The lowest BCUT2D eigenvalue weighted by atomic mass is 9.85. The van der Waals surface area contributed by atoms with Crippen molar-refractivity contribution in [3.63, 3.8) is 0 Å². The van der Waals surface area contributed by atoms with E-state index >= 15 is 0 Å². The number of hydrogen-bond donors (Lipinski definition) is 1. The predicted molar refractivity (Wildman–Crippen MR) is 71.7 cm³/mol. The predicted octanol–water partition coefficient (Wildman–Crippen LogP) is 3.71. The van der Waals surface area contributed by atoms with E-state index in [1.54, 1.807) is 0 Å². The number of hydrogen-bond acceptors (Lipinski definition) is 2. The van der Waals surface area contributed by atoms with Crippen molar-refractivity contribution in [3.05, 3.63) is 28.3 Å². The van der Waals surface area contributed by atoms with Crippen LogP contribution in [0.4, 0.5) is 0 Å². The second kappa shape index (κ2) is 4.51. The molecule has 17 heavy (non-hydrogen) atoms. The molecule has 3 heteroatoms. The first-order valence-corrected chi connectivity index (χ1v) is 6.45.